The Morgan fingerprint density at radius 2 is 2.11 bits per heavy atom. The minimum absolute atomic E-state index is 0.0462. The van der Waals surface area contributed by atoms with Gasteiger partial charge in [-0.25, -0.2) is 0 Å². The van der Waals surface area contributed by atoms with Crippen LogP contribution in [-0.4, -0.2) is 10.9 Å². The van der Waals surface area contributed by atoms with Gasteiger partial charge in [-0.2, -0.15) is 0 Å². The number of hydrogen-bond acceptors (Lipinski definition) is 3. The van der Waals surface area contributed by atoms with Crippen molar-refractivity contribution in [3.8, 4) is 0 Å². The quantitative estimate of drug-likeness (QED) is 0.851. The maximum atomic E-state index is 11.9. The SMILES string of the molecule is Nc1ccccc1CCC(=O)Nc1ccncc1Br. The van der Waals surface area contributed by atoms with Crippen molar-refractivity contribution in [2.75, 3.05) is 11.1 Å². The Hall–Kier alpha value is -1.88. The number of halogens is 1. The maximum Gasteiger partial charge on any atom is 0.224 e. The van der Waals surface area contributed by atoms with Crippen molar-refractivity contribution >= 4 is 33.2 Å². The second-order valence-corrected chi connectivity index (χ2v) is 4.96. The number of carbonyl (C=O) groups is 1. The summed E-state index contributed by atoms with van der Waals surface area (Å²) in [6.07, 6.45) is 4.30. The molecule has 2 aromatic rings. The zero-order valence-corrected chi connectivity index (χ0v) is 11.9. The number of amides is 1. The second-order valence-electron chi connectivity index (χ2n) is 4.10. The number of nitrogens with zero attached hydrogens (tertiary/aromatic N) is 1. The molecule has 0 bridgehead atoms. The summed E-state index contributed by atoms with van der Waals surface area (Å²) in [4.78, 5) is 15.8. The molecule has 0 saturated heterocycles. The van der Waals surface area contributed by atoms with E-state index in [4.69, 9.17) is 5.73 Å². The minimum atomic E-state index is -0.0462. The molecule has 1 aromatic carbocycles. The summed E-state index contributed by atoms with van der Waals surface area (Å²) < 4.78 is 0.766. The third-order valence-corrected chi connectivity index (χ3v) is 3.35. The van der Waals surface area contributed by atoms with E-state index < -0.39 is 0 Å². The highest BCUT2D eigenvalue weighted by molar-refractivity contribution is 9.10. The highest BCUT2D eigenvalue weighted by Crippen LogP contribution is 2.20. The van der Waals surface area contributed by atoms with Crippen molar-refractivity contribution in [2.24, 2.45) is 0 Å². The van der Waals surface area contributed by atoms with Gasteiger partial charge in [0.25, 0.3) is 0 Å². The van der Waals surface area contributed by atoms with Gasteiger partial charge in [0.2, 0.25) is 5.91 Å². The van der Waals surface area contributed by atoms with Crippen LogP contribution in [0.25, 0.3) is 0 Å². The lowest BCUT2D eigenvalue weighted by molar-refractivity contribution is -0.116. The molecule has 0 atom stereocenters. The monoisotopic (exact) mass is 319 g/mol. The molecule has 5 heteroatoms. The number of carbonyl (C=O) groups excluding carboxylic acids is 1. The van der Waals surface area contributed by atoms with Crippen molar-refractivity contribution in [1.29, 1.82) is 0 Å². The summed E-state index contributed by atoms with van der Waals surface area (Å²) in [5.41, 5.74) is 8.27. The van der Waals surface area contributed by atoms with Crippen LogP contribution in [0.5, 0.6) is 0 Å². The molecule has 19 heavy (non-hydrogen) atoms. The molecule has 3 N–H and O–H groups in total. The number of pyridine rings is 1. The van der Waals surface area contributed by atoms with Gasteiger partial charge in [-0.1, -0.05) is 18.2 Å². The van der Waals surface area contributed by atoms with E-state index in [1.807, 2.05) is 24.3 Å². The lowest BCUT2D eigenvalue weighted by Gasteiger charge is -2.08. The van der Waals surface area contributed by atoms with Crippen LogP contribution in [-0.2, 0) is 11.2 Å². The Kier molecular flexibility index (Phi) is 4.52. The standard InChI is InChI=1S/C14H14BrN3O/c15-11-9-17-8-7-13(11)18-14(19)6-5-10-3-1-2-4-12(10)16/h1-4,7-9H,5-6,16H2,(H,17,18,19). The van der Waals surface area contributed by atoms with Crippen molar-refractivity contribution in [3.05, 3.63) is 52.8 Å². The van der Waals surface area contributed by atoms with E-state index in [1.54, 1.807) is 18.5 Å². The molecule has 1 heterocycles. The molecule has 0 unspecified atom stereocenters. The third kappa shape index (κ3) is 3.79. The fourth-order valence-electron chi connectivity index (χ4n) is 1.70. The molecule has 0 saturated carbocycles. The number of hydrogen-bond donors (Lipinski definition) is 2. The number of aromatic nitrogens is 1. The highest BCUT2D eigenvalue weighted by Gasteiger charge is 2.06. The molecule has 2 rings (SSSR count). The first-order chi connectivity index (χ1) is 9.16. The van der Waals surface area contributed by atoms with E-state index in [1.165, 1.54) is 0 Å². The van der Waals surface area contributed by atoms with Gasteiger partial charge in [-0.15, -0.1) is 0 Å². The Balaban J connectivity index is 1.92. The maximum absolute atomic E-state index is 11.9. The molecule has 0 fully saturated rings. The van der Waals surface area contributed by atoms with E-state index >= 15 is 0 Å². The molecule has 1 aromatic heterocycles. The number of rotatable bonds is 4. The Bertz CT molecular complexity index is 586. The summed E-state index contributed by atoms with van der Waals surface area (Å²) in [5, 5.41) is 2.83. The van der Waals surface area contributed by atoms with Crippen LogP contribution in [0.15, 0.2) is 47.2 Å². The number of nitrogens with one attached hydrogen (secondary N) is 1. The molecular formula is C14H14BrN3O. The van der Waals surface area contributed by atoms with Crippen LogP contribution < -0.4 is 11.1 Å². The van der Waals surface area contributed by atoms with Crippen LogP contribution >= 0.6 is 15.9 Å². The minimum Gasteiger partial charge on any atom is -0.399 e. The Labute approximate surface area is 120 Å². The topological polar surface area (TPSA) is 68.0 Å². The molecule has 0 aliphatic rings. The van der Waals surface area contributed by atoms with Gasteiger partial charge < -0.3 is 11.1 Å². The molecule has 0 spiro atoms. The van der Waals surface area contributed by atoms with Crippen LogP contribution in [0.2, 0.25) is 0 Å². The van der Waals surface area contributed by atoms with Crippen molar-refractivity contribution in [3.63, 3.8) is 0 Å². The molecule has 0 aliphatic heterocycles. The number of aryl methyl sites for hydroxylation is 1. The molecule has 98 valence electrons. The predicted octanol–water partition coefficient (Wildman–Crippen LogP) is 3.00. The van der Waals surface area contributed by atoms with E-state index in [0.29, 0.717) is 12.8 Å². The largest absolute Gasteiger partial charge is 0.399 e. The van der Waals surface area contributed by atoms with Crippen molar-refractivity contribution in [1.82, 2.24) is 4.98 Å². The fraction of sp³-hybridized carbons (Fsp3) is 0.143. The second kappa shape index (κ2) is 6.33. The van der Waals surface area contributed by atoms with E-state index in [9.17, 15) is 4.79 Å². The van der Waals surface area contributed by atoms with Crippen LogP contribution in [0.1, 0.15) is 12.0 Å². The van der Waals surface area contributed by atoms with E-state index in [2.05, 4.69) is 26.2 Å². The van der Waals surface area contributed by atoms with Crippen LogP contribution in [0.3, 0.4) is 0 Å². The first-order valence-corrected chi connectivity index (χ1v) is 6.69. The van der Waals surface area contributed by atoms with Crippen LogP contribution in [0.4, 0.5) is 11.4 Å². The Morgan fingerprint density at radius 1 is 1.32 bits per heavy atom. The van der Waals surface area contributed by atoms with Gasteiger partial charge in [0.05, 0.1) is 10.2 Å². The number of anilines is 2. The predicted molar refractivity (Wildman–Crippen MR) is 79.7 cm³/mol. The summed E-state index contributed by atoms with van der Waals surface area (Å²) >= 11 is 3.34. The van der Waals surface area contributed by atoms with Crippen LogP contribution in [0, 0.1) is 0 Å². The zero-order valence-electron chi connectivity index (χ0n) is 10.3. The molecule has 0 radical (unpaired) electrons. The van der Waals surface area contributed by atoms with Gasteiger partial charge in [0, 0.05) is 24.5 Å². The van der Waals surface area contributed by atoms with E-state index in [0.717, 1.165) is 21.4 Å². The summed E-state index contributed by atoms with van der Waals surface area (Å²) in [5.74, 6) is -0.0462. The molecule has 0 aliphatic carbocycles. The summed E-state index contributed by atoms with van der Waals surface area (Å²) in [6, 6.07) is 9.33. The fourth-order valence-corrected chi connectivity index (χ4v) is 2.05. The van der Waals surface area contributed by atoms with Gasteiger partial charge in [0.1, 0.15) is 0 Å². The molecule has 4 nitrogen and oxygen atoms in total. The number of para-hydroxylation sites is 1. The zero-order chi connectivity index (χ0) is 13.7. The average Bonchev–Trinajstić information content (AvgIpc) is 2.40. The normalized spacial score (nSPS) is 10.2. The Morgan fingerprint density at radius 3 is 2.84 bits per heavy atom. The van der Waals surface area contributed by atoms with Crippen molar-refractivity contribution in [2.45, 2.75) is 12.8 Å². The third-order valence-electron chi connectivity index (χ3n) is 2.72. The van der Waals surface area contributed by atoms with Crippen molar-refractivity contribution < 1.29 is 4.79 Å². The summed E-state index contributed by atoms with van der Waals surface area (Å²) in [6.45, 7) is 0. The van der Waals surface area contributed by atoms with Gasteiger partial charge in [0.15, 0.2) is 0 Å². The molecular weight excluding hydrogens is 306 g/mol. The first kappa shape index (κ1) is 13.5. The lowest BCUT2D eigenvalue weighted by Crippen LogP contribution is -2.13. The van der Waals surface area contributed by atoms with Gasteiger partial charge in [-0.05, 0) is 40.0 Å². The van der Waals surface area contributed by atoms with Gasteiger partial charge >= 0.3 is 0 Å². The highest BCUT2D eigenvalue weighted by atomic mass is 79.9. The smallest absolute Gasteiger partial charge is 0.224 e. The first-order valence-electron chi connectivity index (χ1n) is 5.89. The average molecular weight is 320 g/mol. The van der Waals surface area contributed by atoms with E-state index in [-0.39, 0.29) is 5.91 Å². The summed E-state index contributed by atoms with van der Waals surface area (Å²) in [7, 11) is 0. The van der Waals surface area contributed by atoms with Gasteiger partial charge in [-0.3, -0.25) is 9.78 Å². The number of nitrogens with two attached hydrogens (primary N) is 1. The lowest BCUT2D eigenvalue weighted by atomic mass is 10.1. The molecule has 1 amide bonds. The number of nitrogen functional groups attached to an aromatic ring is 1. The number of benzene rings is 1.